The first kappa shape index (κ1) is 14.9. The molecular formula is C14H14ClNO3S. The van der Waals surface area contributed by atoms with E-state index in [9.17, 15) is 4.79 Å². The van der Waals surface area contributed by atoms with Gasteiger partial charge in [-0.05, 0) is 30.7 Å². The lowest BCUT2D eigenvalue weighted by atomic mass is 10.2. The van der Waals surface area contributed by atoms with Crippen molar-refractivity contribution < 1.29 is 14.3 Å². The molecule has 4 nitrogen and oxygen atoms in total. The Bertz CT molecular complexity index is 620. The Morgan fingerprint density at radius 2 is 2.25 bits per heavy atom. The Balaban J connectivity index is 2.22. The van der Waals surface area contributed by atoms with Crippen molar-refractivity contribution in [1.82, 2.24) is 4.98 Å². The molecule has 106 valence electrons. The van der Waals surface area contributed by atoms with Crippen molar-refractivity contribution >= 4 is 41.1 Å². The Morgan fingerprint density at radius 1 is 1.45 bits per heavy atom. The van der Waals surface area contributed by atoms with Crippen LogP contribution in [0.4, 0.5) is 0 Å². The largest absolute Gasteiger partial charge is 0.466 e. The molecule has 0 amide bonds. The van der Waals surface area contributed by atoms with Crippen LogP contribution in [0.1, 0.15) is 13.3 Å². The second kappa shape index (κ2) is 6.81. The summed E-state index contributed by atoms with van der Waals surface area (Å²) in [5, 5.41) is 1.33. The van der Waals surface area contributed by atoms with Gasteiger partial charge in [0.05, 0.1) is 11.6 Å². The van der Waals surface area contributed by atoms with E-state index in [0.717, 1.165) is 11.8 Å². The first-order chi connectivity index (χ1) is 9.63. The van der Waals surface area contributed by atoms with E-state index in [2.05, 4.69) is 17.6 Å². The van der Waals surface area contributed by atoms with Crippen molar-refractivity contribution in [3.8, 4) is 5.75 Å². The van der Waals surface area contributed by atoms with E-state index >= 15 is 0 Å². The zero-order valence-electron chi connectivity index (χ0n) is 10.9. The summed E-state index contributed by atoms with van der Waals surface area (Å²) in [7, 11) is 0. The Kier molecular flexibility index (Phi) is 5.09. The van der Waals surface area contributed by atoms with Crippen molar-refractivity contribution in [1.29, 1.82) is 0 Å². The van der Waals surface area contributed by atoms with Crippen LogP contribution in [0.15, 0.2) is 30.5 Å². The van der Waals surface area contributed by atoms with Gasteiger partial charge in [-0.3, -0.25) is 4.98 Å². The topological polar surface area (TPSA) is 48.4 Å². The average molecular weight is 312 g/mol. The summed E-state index contributed by atoms with van der Waals surface area (Å²) in [6, 6.07) is 6.97. The highest BCUT2D eigenvalue weighted by molar-refractivity contribution is 7.81. The molecule has 20 heavy (non-hydrogen) atoms. The van der Waals surface area contributed by atoms with Gasteiger partial charge < -0.3 is 9.47 Å². The number of nitrogens with zero attached hydrogens (tertiary/aromatic N) is 1. The standard InChI is InChI=1S/C14H14ClNO3S/c1-2-8-18-13(17)14(20)19-11-6-5-10(15)9-4-3-7-16-12(9)11/h3-7,14,20H,2,8H2,1H3. The van der Waals surface area contributed by atoms with Gasteiger partial charge in [-0.1, -0.05) is 18.5 Å². The van der Waals surface area contributed by atoms with E-state index in [0.29, 0.717) is 22.9 Å². The molecule has 2 rings (SSSR count). The van der Waals surface area contributed by atoms with Crippen LogP contribution in [0.2, 0.25) is 5.02 Å². The minimum absolute atomic E-state index is 0.346. The summed E-state index contributed by atoms with van der Waals surface area (Å²) in [4.78, 5) is 15.9. The molecule has 1 aromatic carbocycles. The molecule has 1 atom stereocenters. The number of ether oxygens (including phenoxy) is 2. The molecule has 0 aliphatic heterocycles. The molecule has 0 aliphatic rings. The molecule has 2 aromatic rings. The van der Waals surface area contributed by atoms with Crippen molar-refractivity contribution in [3.05, 3.63) is 35.5 Å². The van der Waals surface area contributed by atoms with Gasteiger partial charge in [0, 0.05) is 11.6 Å². The molecule has 1 unspecified atom stereocenters. The van der Waals surface area contributed by atoms with Gasteiger partial charge in [-0.15, -0.1) is 12.6 Å². The number of carbonyl (C=O) groups excluding carboxylic acids is 1. The van der Waals surface area contributed by atoms with Crippen LogP contribution in [-0.4, -0.2) is 23.0 Å². The number of aromatic nitrogens is 1. The molecule has 0 radical (unpaired) electrons. The van der Waals surface area contributed by atoms with Gasteiger partial charge in [-0.2, -0.15) is 0 Å². The van der Waals surface area contributed by atoms with Crippen LogP contribution in [0.25, 0.3) is 10.9 Å². The van der Waals surface area contributed by atoms with Crippen LogP contribution < -0.4 is 4.74 Å². The molecule has 0 aliphatic carbocycles. The van der Waals surface area contributed by atoms with E-state index in [-0.39, 0.29) is 0 Å². The number of benzene rings is 1. The summed E-state index contributed by atoms with van der Waals surface area (Å²) < 4.78 is 10.5. The third-order valence-corrected chi connectivity index (χ3v) is 3.21. The number of pyridine rings is 1. The van der Waals surface area contributed by atoms with E-state index in [4.69, 9.17) is 21.1 Å². The minimum Gasteiger partial charge on any atom is -0.466 e. The number of hydrogen-bond acceptors (Lipinski definition) is 5. The molecule has 0 spiro atoms. The second-order valence-electron chi connectivity index (χ2n) is 4.08. The fourth-order valence-corrected chi connectivity index (χ4v) is 2.05. The van der Waals surface area contributed by atoms with Gasteiger partial charge in [-0.25, -0.2) is 4.79 Å². The molecule has 0 N–H and O–H groups in total. The lowest BCUT2D eigenvalue weighted by Gasteiger charge is -2.14. The molecular weight excluding hydrogens is 298 g/mol. The number of hydrogen-bond donors (Lipinski definition) is 1. The van der Waals surface area contributed by atoms with E-state index < -0.39 is 11.4 Å². The second-order valence-corrected chi connectivity index (χ2v) is 4.96. The van der Waals surface area contributed by atoms with Crippen LogP contribution in [0.5, 0.6) is 5.75 Å². The van der Waals surface area contributed by atoms with Crippen molar-refractivity contribution in [2.45, 2.75) is 18.8 Å². The maximum Gasteiger partial charge on any atom is 0.357 e. The summed E-state index contributed by atoms with van der Waals surface area (Å²) in [5.74, 6) is -0.0762. The SMILES string of the molecule is CCCOC(=O)C(S)Oc1ccc(Cl)c2cccnc12. The number of esters is 1. The lowest BCUT2D eigenvalue weighted by molar-refractivity contribution is -0.147. The summed E-state index contributed by atoms with van der Waals surface area (Å²) >= 11 is 10.2. The van der Waals surface area contributed by atoms with Crippen LogP contribution in [0.3, 0.4) is 0 Å². The number of carbonyl (C=O) groups is 1. The fourth-order valence-electron chi connectivity index (χ4n) is 1.65. The minimum atomic E-state index is -0.993. The Hall–Kier alpha value is -1.46. The monoisotopic (exact) mass is 311 g/mol. The van der Waals surface area contributed by atoms with Crippen LogP contribution in [0, 0.1) is 0 Å². The Morgan fingerprint density at radius 3 is 3.00 bits per heavy atom. The quantitative estimate of drug-likeness (QED) is 0.522. The van der Waals surface area contributed by atoms with Crippen LogP contribution >= 0.6 is 24.2 Å². The maximum absolute atomic E-state index is 11.6. The first-order valence-electron chi connectivity index (χ1n) is 6.18. The molecule has 6 heteroatoms. The zero-order chi connectivity index (χ0) is 14.5. The fraction of sp³-hybridized carbons (Fsp3) is 0.286. The molecule has 0 saturated heterocycles. The molecule has 0 saturated carbocycles. The van der Waals surface area contributed by atoms with Crippen molar-refractivity contribution in [2.24, 2.45) is 0 Å². The smallest absolute Gasteiger partial charge is 0.357 e. The highest BCUT2D eigenvalue weighted by atomic mass is 35.5. The van der Waals surface area contributed by atoms with Gasteiger partial charge >= 0.3 is 5.97 Å². The van der Waals surface area contributed by atoms with Crippen molar-refractivity contribution in [3.63, 3.8) is 0 Å². The van der Waals surface area contributed by atoms with Gasteiger partial charge in [0.15, 0.2) is 0 Å². The molecule has 0 fully saturated rings. The predicted octanol–water partition coefficient (Wildman–Crippen LogP) is 3.48. The highest BCUT2D eigenvalue weighted by Gasteiger charge is 2.19. The third-order valence-electron chi connectivity index (χ3n) is 2.57. The lowest BCUT2D eigenvalue weighted by Crippen LogP contribution is -2.24. The normalized spacial score (nSPS) is 12.2. The third kappa shape index (κ3) is 3.35. The summed E-state index contributed by atoms with van der Waals surface area (Å²) in [5.41, 5.74) is -0.407. The van der Waals surface area contributed by atoms with E-state index in [1.807, 2.05) is 13.0 Å². The number of halogens is 1. The molecule has 0 bridgehead atoms. The predicted molar refractivity (Wildman–Crippen MR) is 81.4 cm³/mol. The molecule has 1 aromatic heterocycles. The first-order valence-corrected chi connectivity index (χ1v) is 7.07. The number of thiol groups is 1. The summed E-state index contributed by atoms with van der Waals surface area (Å²) in [6.45, 7) is 2.26. The van der Waals surface area contributed by atoms with Gasteiger partial charge in [0.2, 0.25) is 5.44 Å². The average Bonchev–Trinajstić information content (AvgIpc) is 2.47. The zero-order valence-corrected chi connectivity index (χ0v) is 12.5. The van der Waals surface area contributed by atoms with Crippen LogP contribution in [-0.2, 0) is 9.53 Å². The van der Waals surface area contributed by atoms with Gasteiger partial charge in [0.25, 0.3) is 0 Å². The summed E-state index contributed by atoms with van der Waals surface area (Å²) in [6.07, 6.45) is 2.38. The van der Waals surface area contributed by atoms with E-state index in [1.54, 1.807) is 24.4 Å². The van der Waals surface area contributed by atoms with Gasteiger partial charge in [0.1, 0.15) is 11.3 Å². The number of rotatable bonds is 5. The number of fused-ring (bicyclic) bond motifs is 1. The van der Waals surface area contributed by atoms with E-state index in [1.165, 1.54) is 0 Å². The molecule has 1 heterocycles. The van der Waals surface area contributed by atoms with Crippen molar-refractivity contribution in [2.75, 3.05) is 6.61 Å². The Labute approximate surface area is 127 Å². The highest BCUT2D eigenvalue weighted by Crippen LogP contribution is 2.30. The maximum atomic E-state index is 11.6.